The molecule has 0 amide bonds. The second-order valence-electron chi connectivity index (χ2n) is 17.7. The molecule has 0 aliphatic heterocycles. The third-order valence-electron chi connectivity index (χ3n) is 9.07. The van der Waals surface area contributed by atoms with E-state index in [4.69, 9.17) is 11.6 Å². The van der Waals surface area contributed by atoms with Crippen LogP contribution >= 0.6 is 36.4 Å². The number of rotatable bonds is 0. The van der Waals surface area contributed by atoms with Crippen molar-refractivity contribution in [3.63, 3.8) is 0 Å². The van der Waals surface area contributed by atoms with Crippen LogP contribution in [0.15, 0.2) is 103 Å². The normalized spacial score (nSPS) is 12.4. The van der Waals surface area contributed by atoms with Gasteiger partial charge in [-0.15, -0.1) is 107 Å². The summed E-state index contributed by atoms with van der Waals surface area (Å²) < 4.78 is 3.34. The average molecular weight is 872 g/mol. The number of benzene rings is 5. The Morgan fingerprint density at radius 2 is 1.18 bits per heavy atom. The molecule has 0 atom stereocenters. The quantitative estimate of drug-likeness (QED) is 0.133. The Hall–Kier alpha value is -2.54. The van der Waals surface area contributed by atoms with Gasteiger partial charge in [0, 0.05) is 0 Å². The van der Waals surface area contributed by atoms with Crippen LogP contribution in [0.1, 0.15) is 123 Å². The summed E-state index contributed by atoms with van der Waals surface area (Å²) in [5, 5.41) is 3.20. The molecule has 0 bridgehead atoms. The third kappa shape index (κ3) is 14.7. The first-order valence-corrected chi connectivity index (χ1v) is 20.7. The maximum atomic E-state index is 5.52. The van der Waals surface area contributed by atoms with Gasteiger partial charge in [0.15, 0.2) is 0 Å². The fraction of sp³-hybridized carbons (Fsp3) is 0.353. The Balaban J connectivity index is 0.000000468. The van der Waals surface area contributed by atoms with Gasteiger partial charge in [0.05, 0.1) is 0 Å². The van der Waals surface area contributed by atoms with Crippen molar-refractivity contribution in [2.45, 2.75) is 118 Å². The van der Waals surface area contributed by atoms with E-state index >= 15 is 0 Å². The summed E-state index contributed by atoms with van der Waals surface area (Å²) in [4.78, 5) is 0. The van der Waals surface area contributed by atoms with Gasteiger partial charge in [-0.05, 0) is 39.4 Å². The van der Waals surface area contributed by atoms with Crippen LogP contribution in [0.4, 0.5) is 0 Å². The molecule has 0 heterocycles. The average Bonchev–Trinajstić information content (AvgIpc) is 3.79. The molecule has 0 saturated carbocycles. The third-order valence-corrected chi connectivity index (χ3v) is 9.32. The maximum Gasteiger partial charge on any atom is -0.0801 e. The van der Waals surface area contributed by atoms with Crippen molar-refractivity contribution in [2.24, 2.45) is 0 Å². The Kier molecular flexibility index (Phi) is 20.0. The monoisotopic (exact) mass is 868 g/mol. The van der Waals surface area contributed by atoms with E-state index in [9.17, 15) is 0 Å². The Morgan fingerprint density at radius 3 is 1.64 bits per heavy atom. The van der Waals surface area contributed by atoms with Gasteiger partial charge in [0.1, 0.15) is 0 Å². The van der Waals surface area contributed by atoms with Crippen molar-refractivity contribution in [3.8, 4) is 11.1 Å². The molecule has 7 rings (SSSR count). The summed E-state index contributed by atoms with van der Waals surface area (Å²) >= 11 is 6.82. The molecule has 0 saturated heterocycles. The summed E-state index contributed by atoms with van der Waals surface area (Å²) in [5.74, 6) is 0. The number of halogens is 3. The standard InChI is InChI=1S/C29H41.C10H7.C6H4Cl.C5H5.CH2.2ClH.Zr/c1-26(2,3)22-14-18-13-19-15-23(27(4,5)6)25(29(10,11)12)17-21(19)20(18)16-24(22)28(7,8)9;1-2-6-10-8-4-3-7-9(10)5-1;7-6-4-2-1-3-5-6;1-2-4-5-3-1;;;;/h14,16-17H,13H2,1-12H3;1-7H;2-5H;1-3H,4H2;1H2;2*1H;/q4*-1;;;;. The molecule has 294 valence electrons. The largest absolute Gasteiger partial charge is 0.147 e. The van der Waals surface area contributed by atoms with E-state index in [2.05, 4.69) is 154 Å². The van der Waals surface area contributed by atoms with E-state index in [0.717, 1.165) is 17.9 Å². The van der Waals surface area contributed by atoms with Crippen LogP contribution < -0.4 is 0 Å². The predicted octanol–water partition coefficient (Wildman–Crippen LogP) is 15.1. The van der Waals surface area contributed by atoms with Crippen molar-refractivity contribution in [2.75, 3.05) is 0 Å². The second-order valence-corrected chi connectivity index (χ2v) is 18.1. The zero-order valence-electron chi connectivity index (χ0n) is 35.1. The van der Waals surface area contributed by atoms with Crippen LogP contribution in [0.3, 0.4) is 0 Å². The summed E-state index contributed by atoms with van der Waals surface area (Å²) in [5.41, 5.74) is 11.9. The van der Waals surface area contributed by atoms with Gasteiger partial charge in [-0.2, -0.15) is 54.1 Å². The Labute approximate surface area is 367 Å². The molecule has 5 aromatic carbocycles. The Morgan fingerprint density at radius 1 is 0.636 bits per heavy atom. The summed E-state index contributed by atoms with van der Waals surface area (Å²) in [6, 6.07) is 38.8. The zero-order valence-corrected chi connectivity index (χ0v) is 40.0. The molecule has 0 nitrogen and oxygen atoms in total. The minimum atomic E-state index is 0. The minimum Gasteiger partial charge on any atom is -0.147 e. The summed E-state index contributed by atoms with van der Waals surface area (Å²) in [6.45, 7) is 28.0. The first kappa shape index (κ1) is 50.5. The molecule has 0 N–H and O–H groups in total. The van der Waals surface area contributed by atoms with E-state index in [1.165, 1.54) is 79.5 Å². The van der Waals surface area contributed by atoms with Gasteiger partial charge in [-0.3, -0.25) is 6.08 Å². The molecule has 55 heavy (non-hydrogen) atoms. The van der Waals surface area contributed by atoms with Gasteiger partial charge in [0.2, 0.25) is 0 Å². The summed E-state index contributed by atoms with van der Waals surface area (Å²) in [6.07, 6.45) is 11.0. The van der Waals surface area contributed by atoms with Crippen LogP contribution in [-0.4, -0.2) is 4.21 Å². The minimum absolute atomic E-state index is 0. The van der Waals surface area contributed by atoms with Crippen molar-refractivity contribution in [1.82, 2.24) is 0 Å². The van der Waals surface area contributed by atoms with E-state index < -0.39 is 0 Å². The molecule has 4 heteroatoms. The molecular weight excluding hydrogens is 810 g/mol. The van der Waals surface area contributed by atoms with E-state index in [0.29, 0.717) is 0 Å². The van der Waals surface area contributed by atoms with E-state index in [-0.39, 0.29) is 46.5 Å². The van der Waals surface area contributed by atoms with Crippen LogP contribution in [-0.2, 0) is 52.3 Å². The molecule has 2 aliphatic carbocycles. The molecule has 0 radical (unpaired) electrons. The first-order chi connectivity index (χ1) is 24.8. The van der Waals surface area contributed by atoms with Gasteiger partial charge in [-0.25, -0.2) is 12.2 Å². The van der Waals surface area contributed by atoms with Crippen molar-refractivity contribution in [3.05, 3.63) is 166 Å². The van der Waals surface area contributed by atoms with Gasteiger partial charge < -0.3 is 0 Å². The van der Waals surface area contributed by atoms with Crippen LogP contribution in [0, 0.1) is 24.3 Å². The van der Waals surface area contributed by atoms with Gasteiger partial charge in [-0.1, -0.05) is 123 Å². The SMILES string of the molecule is CC(C)(C)c1[c-]c2c(cc1C(C)(C)C)-c1cc(C(C)(C)C)c(C(C)(C)C)cc1C2.Cl.Cl.Clc1cc[c-]cc1.[C-]1=CC=CC1.[CH2]=[Zr].[c-]1cccc2ccccc12. The molecule has 5 aromatic rings. The Bertz CT molecular complexity index is 1840. The molecular formula is C51H61Cl3Zr-4. The molecule has 0 unspecified atom stereocenters. The number of fused-ring (bicyclic) bond motifs is 4. The van der Waals surface area contributed by atoms with Crippen molar-refractivity contribution in [1.29, 1.82) is 0 Å². The van der Waals surface area contributed by atoms with Crippen LogP contribution in [0.5, 0.6) is 0 Å². The second kappa shape index (κ2) is 21.8. The zero-order chi connectivity index (χ0) is 39.6. The van der Waals surface area contributed by atoms with Gasteiger partial charge >= 0.3 is 28.4 Å². The fourth-order valence-electron chi connectivity index (χ4n) is 6.40. The topological polar surface area (TPSA) is 0 Å². The molecule has 0 fully saturated rings. The van der Waals surface area contributed by atoms with Crippen LogP contribution in [0.25, 0.3) is 21.9 Å². The molecule has 0 spiro atoms. The van der Waals surface area contributed by atoms with Crippen LogP contribution in [0.2, 0.25) is 5.02 Å². The number of hydrogen-bond acceptors (Lipinski definition) is 0. The smallest absolute Gasteiger partial charge is 0.0801 e. The summed E-state index contributed by atoms with van der Waals surface area (Å²) in [7, 11) is 0. The fourth-order valence-corrected chi connectivity index (χ4v) is 6.52. The first-order valence-electron chi connectivity index (χ1n) is 18.6. The van der Waals surface area contributed by atoms with E-state index in [1.807, 2.05) is 36.4 Å². The molecule has 0 aromatic heterocycles. The maximum absolute atomic E-state index is 5.52. The van der Waals surface area contributed by atoms with Crippen molar-refractivity contribution < 1.29 is 24.2 Å². The van der Waals surface area contributed by atoms with Crippen molar-refractivity contribution >= 4 is 51.4 Å². The predicted molar refractivity (Wildman–Crippen MR) is 245 cm³/mol. The van der Waals surface area contributed by atoms with Gasteiger partial charge in [0.25, 0.3) is 0 Å². The number of hydrogen-bond donors (Lipinski definition) is 0. The number of allylic oxidation sites excluding steroid dienone is 4. The van der Waals surface area contributed by atoms with E-state index in [1.54, 1.807) is 24.3 Å². The molecule has 2 aliphatic rings.